The molecule has 3 heteroatoms. The van der Waals surface area contributed by atoms with E-state index < -0.39 is 0 Å². The molecule has 0 amide bonds. The van der Waals surface area contributed by atoms with Gasteiger partial charge in [-0.3, -0.25) is 0 Å². The molecule has 4 aromatic carbocycles. The van der Waals surface area contributed by atoms with Crippen LogP contribution in [0, 0.1) is 6.92 Å². The molecule has 0 bridgehead atoms. The standard InChI is InChI=1S/C28H26O3/c1-5-10-25(31-4)24-16-20-12-7-9-14-22(20)27(28(24)30)26-17(2)23(18(3)29)15-19-11-6-8-13-21(19)26/h6-16,29-30H,3,5H2,1-2,4H3/b25-10-. The molecular weight excluding hydrogens is 384 g/mol. The minimum atomic E-state index is 0.00733. The van der Waals surface area contributed by atoms with Crippen molar-refractivity contribution < 1.29 is 14.9 Å². The maximum absolute atomic E-state index is 11.6. The summed E-state index contributed by atoms with van der Waals surface area (Å²) in [6.45, 7) is 7.75. The zero-order valence-corrected chi connectivity index (χ0v) is 18.1. The number of ether oxygens (including phenoxy) is 1. The number of aromatic hydroxyl groups is 1. The van der Waals surface area contributed by atoms with Crippen molar-refractivity contribution in [3.05, 3.63) is 90.0 Å². The lowest BCUT2D eigenvalue weighted by Crippen LogP contribution is -1.97. The molecule has 0 unspecified atom stereocenters. The van der Waals surface area contributed by atoms with Crippen molar-refractivity contribution in [3.8, 4) is 16.9 Å². The molecule has 4 rings (SSSR count). The summed E-state index contributed by atoms with van der Waals surface area (Å²) < 4.78 is 5.62. The Morgan fingerprint density at radius 3 is 2.03 bits per heavy atom. The predicted molar refractivity (Wildman–Crippen MR) is 130 cm³/mol. The van der Waals surface area contributed by atoms with Crippen LogP contribution in [0.2, 0.25) is 0 Å². The summed E-state index contributed by atoms with van der Waals surface area (Å²) in [7, 11) is 1.62. The monoisotopic (exact) mass is 410 g/mol. The second-order valence-electron chi connectivity index (χ2n) is 7.64. The van der Waals surface area contributed by atoms with Crippen LogP contribution in [0.25, 0.3) is 44.2 Å². The number of hydrogen-bond acceptors (Lipinski definition) is 3. The third-order valence-corrected chi connectivity index (χ3v) is 5.77. The van der Waals surface area contributed by atoms with Crippen molar-refractivity contribution in [2.75, 3.05) is 7.11 Å². The molecule has 0 spiro atoms. The Bertz CT molecular complexity index is 1350. The van der Waals surface area contributed by atoms with E-state index in [-0.39, 0.29) is 11.5 Å². The van der Waals surface area contributed by atoms with Crippen LogP contribution >= 0.6 is 0 Å². The molecule has 0 saturated heterocycles. The normalized spacial score (nSPS) is 11.8. The number of methoxy groups -OCH3 is 1. The zero-order valence-electron chi connectivity index (χ0n) is 18.1. The van der Waals surface area contributed by atoms with Gasteiger partial charge in [0.2, 0.25) is 0 Å². The van der Waals surface area contributed by atoms with Gasteiger partial charge >= 0.3 is 0 Å². The Morgan fingerprint density at radius 1 is 0.935 bits per heavy atom. The minimum Gasteiger partial charge on any atom is -0.508 e. The molecule has 0 aliphatic carbocycles. The lowest BCUT2D eigenvalue weighted by atomic mass is 9.85. The SMILES string of the molecule is C=C(O)c1cc2ccccc2c(-c2c(O)c(/C(=C/CC)OC)cc3ccccc23)c1C. The van der Waals surface area contributed by atoms with Crippen molar-refractivity contribution in [2.24, 2.45) is 0 Å². The third kappa shape index (κ3) is 3.42. The first-order chi connectivity index (χ1) is 15.0. The Kier molecular flexibility index (Phi) is 5.43. The first-order valence-corrected chi connectivity index (χ1v) is 10.4. The van der Waals surface area contributed by atoms with Gasteiger partial charge in [-0.25, -0.2) is 0 Å². The van der Waals surface area contributed by atoms with E-state index in [4.69, 9.17) is 4.74 Å². The highest BCUT2D eigenvalue weighted by atomic mass is 16.5. The Morgan fingerprint density at radius 2 is 1.48 bits per heavy atom. The number of fused-ring (bicyclic) bond motifs is 2. The van der Waals surface area contributed by atoms with Crippen LogP contribution in [0.15, 0.2) is 73.3 Å². The molecule has 2 N–H and O–H groups in total. The van der Waals surface area contributed by atoms with Crippen molar-refractivity contribution in [1.82, 2.24) is 0 Å². The molecule has 31 heavy (non-hydrogen) atoms. The molecule has 0 aromatic heterocycles. The Labute approximate surface area is 182 Å². The molecular formula is C28H26O3. The third-order valence-electron chi connectivity index (χ3n) is 5.77. The maximum atomic E-state index is 11.6. The molecule has 4 aromatic rings. The zero-order chi connectivity index (χ0) is 22.1. The lowest BCUT2D eigenvalue weighted by molar-refractivity contribution is 0.365. The summed E-state index contributed by atoms with van der Waals surface area (Å²) in [6.07, 6.45) is 2.75. The second-order valence-corrected chi connectivity index (χ2v) is 7.64. The summed E-state index contributed by atoms with van der Waals surface area (Å²) >= 11 is 0. The predicted octanol–water partition coefficient (Wildman–Crippen LogP) is 7.60. The van der Waals surface area contributed by atoms with Gasteiger partial charge in [-0.05, 0) is 64.2 Å². The van der Waals surface area contributed by atoms with Gasteiger partial charge in [0.05, 0.1) is 12.7 Å². The largest absolute Gasteiger partial charge is 0.508 e. The molecule has 0 saturated carbocycles. The minimum absolute atomic E-state index is 0.00733. The molecule has 0 aliphatic heterocycles. The van der Waals surface area contributed by atoms with E-state index in [2.05, 4.69) is 6.58 Å². The number of phenols is 1. The van der Waals surface area contributed by atoms with Crippen molar-refractivity contribution >= 4 is 33.1 Å². The Balaban J connectivity index is 2.23. The first-order valence-electron chi connectivity index (χ1n) is 10.4. The number of allylic oxidation sites excluding steroid dienone is 1. The highest BCUT2D eigenvalue weighted by molar-refractivity contribution is 6.11. The summed E-state index contributed by atoms with van der Waals surface area (Å²) in [5.41, 5.74) is 3.78. The molecule has 0 radical (unpaired) electrons. The summed E-state index contributed by atoms with van der Waals surface area (Å²) in [6, 6.07) is 19.9. The smallest absolute Gasteiger partial charge is 0.135 e. The number of aliphatic hydroxyl groups excluding tert-OH is 1. The van der Waals surface area contributed by atoms with Gasteiger partial charge in [-0.15, -0.1) is 0 Å². The van der Waals surface area contributed by atoms with E-state index in [9.17, 15) is 10.2 Å². The van der Waals surface area contributed by atoms with Gasteiger partial charge in [-0.2, -0.15) is 0 Å². The van der Waals surface area contributed by atoms with E-state index in [1.165, 1.54) is 0 Å². The number of phenolic OH excluding ortho intramolecular Hbond substituents is 1. The van der Waals surface area contributed by atoms with E-state index in [0.29, 0.717) is 16.9 Å². The average Bonchev–Trinajstić information content (AvgIpc) is 2.77. The number of rotatable bonds is 5. The van der Waals surface area contributed by atoms with Crippen LogP contribution < -0.4 is 0 Å². The molecule has 0 atom stereocenters. The van der Waals surface area contributed by atoms with Gasteiger partial charge in [-0.1, -0.05) is 62.0 Å². The first kappa shape index (κ1) is 20.5. The van der Waals surface area contributed by atoms with Gasteiger partial charge < -0.3 is 14.9 Å². The van der Waals surface area contributed by atoms with E-state index in [0.717, 1.165) is 44.7 Å². The topological polar surface area (TPSA) is 49.7 Å². The molecule has 0 aliphatic rings. The fraction of sp³-hybridized carbons (Fsp3) is 0.143. The van der Waals surface area contributed by atoms with Gasteiger partial charge in [0.25, 0.3) is 0 Å². The summed E-state index contributed by atoms with van der Waals surface area (Å²) in [5, 5.41) is 25.8. The molecule has 0 fully saturated rings. The quantitative estimate of drug-likeness (QED) is 0.333. The molecule has 3 nitrogen and oxygen atoms in total. The van der Waals surface area contributed by atoms with Gasteiger partial charge in [0.15, 0.2) is 0 Å². The highest BCUT2D eigenvalue weighted by Gasteiger charge is 2.22. The van der Waals surface area contributed by atoms with E-state index in [1.54, 1.807) is 7.11 Å². The van der Waals surface area contributed by atoms with Crippen molar-refractivity contribution in [1.29, 1.82) is 0 Å². The van der Waals surface area contributed by atoms with Crippen LogP contribution in [0.1, 0.15) is 30.0 Å². The number of aliphatic hydroxyl groups is 1. The van der Waals surface area contributed by atoms with E-state index in [1.807, 2.05) is 80.6 Å². The van der Waals surface area contributed by atoms with Crippen molar-refractivity contribution in [2.45, 2.75) is 20.3 Å². The van der Waals surface area contributed by atoms with Crippen molar-refractivity contribution in [3.63, 3.8) is 0 Å². The van der Waals surface area contributed by atoms with Gasteiger partial charge in [0.1, 0.15) is 17.3 Å². The number of benzene rings is 4. The molecule has 156 valence electrons. The Hall–Kier alpha value is -3.72. The number of hydrogen-bond donors (Lipinski definition) is 2. The second kappa shape index (κ2) is 8.19. The van der Waals surface area contributed by atoms with Crippen LogP contribution in [0.4, 0.5) is 0 Å². The highest BCUT2D eigenvalue weighted by Crippen LogP contribution is 2.46. The summed E-state index contributed by atoms with van der Waals surface area (Å²) in [4.78, 5) is 0. The lowest BCUT2D eigenvalue weighted by Gasteiger charge is -2.20. The van der Waals surface area contributed by atoms with E-state index >= 15 is 0 Å². The van der Waals surface area contributed by atoms with Crippen LogP contribution in [0.3, 0.4) is 0 Å². The van der Waals surface area contributed by atoms with Crippen LogP contribution in [0.5, 0.6) is 5.75 Å². The van der Waals surface area contributed by atoms with Crippen LogP contribution in [-0.2, 0) is 4.74 Å². The van der Waals surface area contributed by atoms with Crippen LogP contribution in [-0.4, -0.2) is 17.3 Å². The fourth-order valence-electron chi connectivity index (χ4n) is 4.34. The maximum Gasteiger partial charge on any atom is 0.135 e. The fourth-order valence-corrected chi connectivity index (χ4v) is 4.34. The molecule has 0 heterocycles. The average molecular weight is 411 g/mol. The summed E-state index contributed by atoms with van der Waals surface area (Å²) in [5.74, 6) is 0.804. The van der Waals surface area contributed by atoms with Gasteiger partial charge in [0, 0.05) is 11.1 Å².